The Morgan fingerprint density at radius 2 is 1.93 bits per heavy atom. The number of pyridine rings is 1. The van der Waals surface area contributed by atoms with E-state index >= 15 is 0 Å². The van der Waals surface area contributed by atoms with Crippen LogP contribution in [0.1, 0.15) is 30.3 Å². The summed E-state index contributed by atoms with van der Waals surface area (Å²) in [5.41, 5.74) is 3.23. The van der Waals surface area contributed by atoms with Crippen LogP contribution >= 0.6 is 11.3 Å². The Hall–Kier alpha value is -2.96. The maximum Gasteiger partial charge on any atom is 0.359 e. The quantitative estimate of drug-likeness (QED) is 0.438. The molecule has 3 heterocycles. The Morgan fingerprint density at radius 1 is 1.14 bits per heavy atom. The number of carbonyl (C=O) groups excluding carboxylic acids is 1. The number of hydrogen-bond donors (Lipinski definition) is 0. The first-order chi connectivity index (χ1) is 13.7. The molecule has 1 aliphatic rings. The van der Waals surface area contributed by atoms with Gasteiger partial charge in [0, 0.05) is 18.0 Å². The number of quaternary nitrogens is 1. The third-order valence-electron chi connectivity index (χ3n) is 5.21. The number of nitrogens with zero attached hydrogens (tertiary/aromatic N) is 3. The van der Waals surface area contributed by atoms with E-state index in [9.17, 15) is 4.79 Å². The van der Waals surface area contributed by atoms with Crippen LogP contribution in [-0.2, 0) is 9.63 Å². The van der Waals surface area contributed by atoms with Crippen molar-refractivity contribution in [3.05, 3.63) is 88.4 Å². The van der Waals surface area contributed by atoms with Gasteiger partial charge in [-0.15, -0.1) is 16.3 Å². The molecule has 142 valence electrons. The summed E-state index contributed by atoms with van der Waals surface area (Å²) in [7, 11) is 0. The zero-order valence-electron chi connectivity index (χ0n) is 15.9. The molecule has 0 saturated heterocycles. The number of allylic oxidation sites excluding steroid dienone is 1. The monoisotopic (exact) mass is 392 g/mol. The highest BCUT2D eigenvalue weighted by Gasteiger charge is 2.55. The van der Waals surface area contributed by atoms with Crippen LogP contribution in [0.3, 0.4) is 0 Å². The van der Waals surface area contributed by atoms with E-state index in [1.165, 1.54) is 4.88 Å². The van der Waals surface area contributed by atoms with Gasteiger partial charge in [-0.2, -0.15) is 0 Å². The fourth-order valence-corrected chi connectivity index (χ4v) is 4.82. The Morgan fingerprint density at radius 3 is 2.54 bits per heavy atom. The number of hydrogen-bond acceptors (Lipinski definition) is 5. The second-order valence-electron chi connectivity index (χ2n) is 6.54. The normalized spacial score (nSPS) is 21.8. The van der Waals surface area contributed by atoms with E-state index in [1.807, 2.05) is 56.3 Å². The third-order valence-corrected chi connectivity index (χ3v) is 6.13. The second kappa shape index (κ2) is 7.58. The smallest absolute Gasteiger partial charge is 0.249 e. The highest BCUT2D eigenvalue weighted by Crippen LogP contribution is 2.52. The molecular formula is C22H22N3O2S+. The van der Waals surface area contributed by atoms with Gasteiger partial charge in [-0.25, -0.2) is 14.6 Å². The zero-order valence-corrected chi connectivity index (χ0v) is 16.7. The molecular weight excluding hydrogens is 370 g/mol. The van der Waals surface area contributed by atoms with E-state index in [4.69, 9.17) is 4.84 Å². The van der Waals surface area contributed by atoms with Gasteiger partial charge in [0.15, 0.2) is 17.6 Å². The van der Waals surface area contributed by atoms with Gasteiger partial charge in [-0.3, -0.25) is 0 Å². The highest BCUT2D eigenvalue weighted by molar-refractivity contribution is 7.10. The first-order valence-electron chi connectivity index (χ1n) is 9.24. The number of rotatable bonds is 6. The molecule has 0 N–H and O–H groups in total. The van der Waals surface area contributed by atoms with Crippen molar-refractivity contribution in [2.24, 2.45) is 0 Å². The highest BCUT2D eigenvalue weighted by atomic mass is 32.1. The van der Waals surface area contributed by atoms with Crippen molar-refractivity contribution in [3.63, 3.8) is 0 Å². The molecule has 2 unspecified atom stereocenters. The summed E-state index contributed by atoms with van der Waals surface area (Å²) in [5.74, 6) is 0.759. The third kappa shape index (κ3) is 2.82. The van der Waals surface area contributed by atoms with E-state index in [2.05, 4.69) is 33.6 Å². The van der Waals surface area contributed by atoms with Crippen LogP contribution in [0.4, 0.5) is 5.82 Å². The summed E-state index contributed by atoms with van der Waals surface area (Å²) in [4.78, 5) is 23.1. The van der Waals surface area contributed by atoms with Gasteiger partial charge in [-0.1, -0.05) is 42.5 Å². The average Bonchev–Trinajstić information content (AvgIpc) is 3.35. The molecule has 4 rings (SSSR count). The molecule has 3 aromatic rings. The number of benzene rings is 1. The van der Waals surface area contributed by atoms with Gasteiger partial charge < -0.3 is 0 Å². The lowest BCUT2D eigenvalue weighted by molar-refractivity contribution is -1.06. The Bertz CT molecular complexity index is 974. The molecule has 0 amide bonds. The van der Waals surface area contributed by atoms with Crippen LogP contribution in [0.2, 0.25) is 0 Å². The summed E-state index contributed by atoms with van der Waals surface area (Å²) in [6.07, 6.45) is 1.77. The topological polar surface area (TPSA) is 42.4 Å². The minimum absolute atomic E-state index is 0.0344. The molecule has 2 atom stereocenters. The van der Waals surface area contributed by atoms with Crippen LogP contribution in [0, 0.1) is 0 Å². The van der Waals surface area contributed by atoms with Crippen molar-refractivity contribution in [1.29, 1.82) is 0 Å². The maximum atomic E-state index is 11.6. The number of anilines is 1. The van der Waals surface area contributed by atoms with Crippen LogP contribution in [-0.4, -0.2) is 22.8 Å². The van der Waals surface area contributed by atoms with Crippen molar-refractivity contribution < 1.29 is 14.4 Å². The van der Waals surface area contributed by atoms with Gasteiger partial charge in [0.2, 0.25) is 0 Å². The Kier molecular flexibility index (Phi) is 4.98. The first kappa shape index (κ1) is 18.4. The summed E-state index contributed by atoms with van der Waals surface area (Å²) >= 11 is 1.69. The van der Waals surface area contributed by atoms with E-state index in [-0.39, 0.29) is 10.8 Å². The summed E-state index contributed by atoms with van der Waals surface area (Å²) < 4.78 is -0.0344. The van der Waals surface area contributed by atoms with Crippen molar-refractivity contribution >= 4 is 29.2 Å². The lowest BCUT2D eigenvalue weighted by Crippen LogP contribution is -2.56. The van der Waals surface area contributed by atoms with Crippen molar-refractivity contribution in [2.75, 3.05) is 11.6 Å². The van der Waals surface area contributed by atoms with Gasteiger partial charge in [-0.05, 0) is 40.8 Å². The predicted octanol–water partition coefficient (Wildman–Crippen LogP) is 4.98. The Labute approximate surface area is 168 Å². The molecule has 1 aromatic carbocycles. The first-order valence-corrected chi connectivity index (χ1v) is 10.1. The number of aromatic nitrogens is 1. The molecule has 6 heteroatoms. The molecule has 2 aromatic heterocycles. The average molecular weight is 393 g/mol. The minimum Gasteiger partial charge on any atom is -0.249 e. The molecule has 0 bridgehead atoms. The van der Waals surface area contributed by atoms with Gasteiger partial charge >= 0.3 is 6.47 Å². The van der Waals surface area contributed by atoms with Crippen LogP contribution < -0.4 is 5.01 Å². The summed E-state index contributed by atoms with van der Waals surface area (Å²) in [5, 5.41) is 4.17. The van der Waals surface area contributed by atoms with E-state index in [1.54, 1.807) is 17.5 Å². The molecule has 1 aliphatic heterocycles. The fraction of sp³-hybridized carbons (Fsp3) is 0.182. The van der Waals surface area contributed by atoms with Crippen LogP contribution in [0.5, 0.6) is 0 Å². The van der Waals surface area contributed by atoms with Crippen LogP contribution in [0.25, 0.3) is 5.57 Å². The van der Waals surface area contributed by atoms with E-state index < -0.39 is 0 Å². The van der Waals surface area contributed by atoms with Gasteiger partial charge in [0.05, 0.1) is 5.57 Å². The summed E-state index contributed by atoms with van der Waals surface area (Å²) in [6.45, 7) is 5.14. The molecule has 0 saturated carbocycles. The standard InChI is InChI=1S/C22H22N3O2S/c1-3-25(27-16-26)17(2)21(18-10-5-4-6-11-18)22(19-12-9-15-28-19)24(25)20-13-7-8-14-23-20/h4-16,22H,3H2,1-2H3/q+1. The van der Waals surface area contributed by atoms with E-state index in [0.29, 0.717) is 13.0 Å². The SMILES string of the molecule is CC[N+]1(OC=O)C(C)=C(c2ccccc2)C(c2cccs2)N1c1ccccn1. The second-order valence-corrected chi connectivity index (χ2v) is 7.51. The predicted molar refractivity (Wildman–Crippen MR) is 111 cm³/mol. The van der Waals surface area contributed by atoms with E-state index in [0.717, 1.165) is 22.7 Å². The van der Waals surface area contributed by atoms with Gasteiger partial charge in [0.25, 0.3) is 0 Å². The van der Waals surface area contributed by atoms with Gasteiger partial charge in [0.1, 0.15) is 6.54 Å². The Balaban J connectivity index is 2.01. The number of thiophene rings is 1. The largest absolute Gasteiger partial charge is 0.359 e. The summed E-state index contributed by atoms with van der Waals surface area (Å²) in [6, 6.07) is 20.1. The molecule has 0 radical (unpaired) electrons. The number of hydroxylamine groups is 2. The molecule has 0 spiro atoms. The number of carbonyl (C=O) groups is 1. The lowest BCUT2D eigenvalue weighted by atomic mass is 9.96. The van der Waals surface area contributed by atoms with Crippen molar-refractivity contribution in [3.8, 4) is 0 Å². The molecule has 0 aliphatic carbocycles. The molecule has 5 nitrogen and oxygen atoms in total. The molecule has 0 fully saturated rings. The van der Waals surface area contributed by atoms with Crippen molar-refractivity contribution in [1.82, 2.24) is 4.98 Å². The zero-order chi connectivity index (χ0) is 19.6. The maximum absolute atomic E-state index is 11.6. The van der Waals surface area contributed by atoms with Crippen LogP contribution in [0.15, 0.2) is 77.9 Å². The lowest BCUT2D eigenvalue weighted by Gasteiger charge is -2.38. The molecule has 28 heavy (non-hydrogen) atoms. The minimum atomic E-state index is -0.114. The van der Waals surface area contributed by atoms with Crippen molar-refractivity contribution in [2.45, 2.75) is 19.9 Å². The fourth-order valence-electron chi connectivity index (χ4n) is 4.00.